The molecule has 2 aromatic rings. The van der Waals surface area contributed by atoms with Crippen LogP contribution in [0.15, 0.2) is 35.1 Å². The molecule has 0 bridgehead atoms. The van der Waals surface area contributed by atoms with Crippen LogP contribution >= 0.6 is 0 Å². The highest BCUT2D eigenvalue weighted by Crippen LogP contribution is 2.41. The van der Waals surface area contributed by atoms with E-state index in [2.05, 4.69) is 55.1 Å². The summed E-state index contributed by atoms with van der Waals surface area (Å²) >= 11 is 0. The lowest BCUT2D eigenvalue weighted by molar-refractivity contribution is 0.395. The van der Waals surface area contributed by atoms with Crippen molar-refractivity contribution in [3.05, 3.63) is 47.3 Å². The topological polar surface area (TPSA) is 29.3 Å². The van der Waals surface area contributed by atoms with E-state index in [9.17, 15) is 0 Å². The van der Waals surface area contributed by atoms with Gasteiger partial charge in [-0.05, 0) is 43.7 Å². The molecule has 2 atom stereocenters. The molecule has 112 valence electrons. The van der Waals surface area contributed by atoms with Crippen LogP contribution < -0.4 is 4.90 Å². The quantitative estimate of drug-likeness (QED) is 0.835. The Morgan fingerprint density at radius 1 is 1.24 bits per heavy atom. The van der Waals surface area contributed by atoms with E-state index in [1.807, 2.05) is 6.26 Å². The average molecular weight is 284 g/mol. The van der Waals surface area contributed by atoms with E-state index in [4.69, 9.17) is 4.52 Å². The van der Waals surface area contributed by atoms with Gasteiger partial charge in [-0.25, -0.2) is 0 Å². The maximum absolute atomic E-state index is 5.32. The van der Waals surface area contributed by atoms with E-state index in [1.54, 1.807) is 0 Å². The summed E-state index contributed by atoms with van der Waals surface area (Å²) in [6.45, 7) is 8.66. The summed E-state index contributed by atoms with van der Waals surface area (Å²) in [6.07, 6.45) is 4.03. The van der Waals surface area contributed by atoms with Gasteiger partial charge >= 0.3 is 0 Å². The van der Waals surface area contributed by atoms with Crippen LogP contribution in [0.25, 0.3) is 0 Å². The van der Waals surface area contributed by atoms with Gasteiger partial charge in [-0.15, -0.1) is 0 Å². The number of nitrogens with zero attached hydrogens (tertiary/aromatic N) is 2. The summed E-state index contributed by atoms with van der Waals surface area (Å²) in [5.74, 6) is 1.05. The average Bonchev–Trinajstić information content (AvgIpc) is 2.98. The van der Waals surface area contributed by atoms with Crippen molar-refractivity contribution in [1.29, 1.82) is 0 Å². The first-order valence-corrected chi connectivity index (χ1v) is 8.01. The van der Waals surface area contributed by atoms with Crippen LogP contribution in [-0.2, 0) is 6.42 Å². The molecule has 1 aliphatic rings. The van der Waals surface area contributed by atoms with Crippen molar-refractivity contribution in [3.8, 4) is 0 Å². The maximum Gasteiger partial charge on any atom is 0.147 e. The summed E-state index contributed by atoms with van der Waals surface area (Å²) in [6, 6.07) is 8.81. The molecule has 0 radical (unpaired) electrons. The van der Waals surface area contributed by atoms with Gasteiger partial charge in [0.25, 0.3) is 0 Å². The molecule has 0 saturated carbocycles. The van der Waals surface area contributed by atoms with E-state index < -0.39 is 0 Å². The fourth-order valence-electron chi connectivity index (χ4n) is 3.64. The highest BCUT2D eigenvalue weighted by Gasteiger charge is 2.29. The molecule has 3 heteroatoms. The fourth-order valence-corrected chi connectivity index (χ4v) is 3.64. The highest BCUT2D eigenvalue weighted by molar-refractivity contribution is 5.51. The number of anilines is 1. The van der Waals surface area contributed by atoms with Crippen LogP contribution in [0.3, 0.4) is 0 Å². The van der Waals surface area contributed by atoms with Gasteiger partial charge in [-0.1, -0.05) is 36.3 Å². The minimum atomic E-state index is 0.462. The maximum atomic E-state index is 5.32. The van der Waals surface area contributed by atoms with Gasteiger partial charge in [0.15, 0.2) is 0 Å². The first-order valence-electron chi connectivity index (χ1n) is 8.01. The molecular formula is C18H24N2O. The molecule has 0 N–H and O–H groups in total. The molecule has 1 aromatic heterocycles. The Bertz CT molecular complexity index is 601. The first-order chi connectivity index (χ1) is 10.2. The third-order valence-corrected chi connectivity index (χ3v) is 4.76. The zero-order valence-corrected chi connectivity index (χ0v) is 13.2. The molecule has 3 rings (SSSR count). The van der Waals surface area contributed by atoms with E-state index in [0.29, 0.717) is 11.8 Å². The molecule has 0 saturated heterocycles. The molecule has 21 heavy (non-hydrogen) atoms. The molecule has 2 unspecified atom stereocenters. The largest absolute Gasteiger partial charge is 0.368 e. The lowest BCUT2D eigenvalue weighted by atomic mass is 9.76. The van der Waals surface area contributed by atoms with Crippen LogP contribution in [0.1, 0.15) is 55.8 Å². The van der Waals surface area contributed by atoms with Gasteiger partial charge in [-0.3, -0.25) is 0 Å². The third-order valence-electron chi connectivity index (χ3n) is 4.76. The molecule has 0 fully saturated rings. The summed E-state index contributed by atoms with van der Waals surface area (Å²) in [4.78, 5) is 2.33. The SMILES string of the molecule is CCN(CC)c1conc1C1Cc2ccccc2C(C)C1. The summed E-state index contributed by atoms with van der Waals surface area (Å²) in [5.41, 5.74) is 5.29. The van der Waals surface area contributed by atoms with E-state index >= 15 is 0 Å². The molecule has 0 aliphatic heterocycles. The number of hydrogen-bond donors (Lipinski definition) is 0. The molecule has 1 aromatic carbocycles. The van der Waals surface area contributed by atoms with Crippen molar-refractivity contribution < 1.29 is 4.52 Å². The predicted octanol–water partition coefficient (Wildman–Crippen LogP) is 4.35. The zero-order valence-electron chi connectivity index (χ0n) is 13.2. The van der Waals surface area contributed by atoms with Gasteiger partial charge in [0, 0.05) is 19.0 Å². The molecule has 0 amide bonds. The molecule has 3 nitrogen and oxygen atoms in total. The lowest BCUT2D eigenvalue weighted by Crippen LogP contribution is -2.24. The van der Waals surface area contributed by atoms with Crippen LogP contribution in [0.4, 0.5) is 5.69 Å². The number of fused-ring (bicyclic) bond motifs is 1. The molecule has 1 heterocycles. The first kappa shape index (κ1) is 14.2. The van der Waals surface area contributed by atoms with Crippen LogP contribution in [0, 0.1) is 0 Å². The Labute approximate surface area is 126 Å². The van der Waals surface area contributed by atoms with Crippen molar-refractivity contribution >= 4 is 5.69 Å². The van der Waals surface area contributed by atoms with Crippen molar-refractivity contribution in [3.63, 3.8) is 0 Å². The number of rotatable bonds is 4. The van der Waals surface area contributed by atoms with Crippen molar-refractivity contribution in [2.24, 2.45) is 0 Å². The molecule has 0 spiro atoms. The smallest absolute Gasteiger partial charge is 0.147 e. The second kappa shape index (κ2) is 5.92. The normalized spacial score (nSPS) is 21.1. The van der Waals surface area contributed by atoms with Crippen LogP contribution in [-0.4, -0.2) is 18.2 Å². The van der Waals surface area contributed by atoms with Gasteiger partial charge < -0.3 is 9.42 Å². The van der Waals surface area contributed by atoms with E-state index in [1.165, 1.54) is 16.8 Å². The number of aromatic nitrogens is 1. The Morgan fingerprint density at radius 3 is 2.76 bits per heavy atom. The van der Waals surface area contributed by atoms with Gasteiger partial charge in [0.05, 0.1) is 0 Å². The fraction of sp³-hybridized carbons (Fsp3) is 0.500. The number of benzene rings is 1. The van der Waals surface area contributed by atoms with Crippen molar-refractivity contribution in [2.75, 3.05) is 18.0 Å². The summed E-state index contributed by atoms with van der Waals surface area (Å²) in [5, 5.41) is 4.35. The Morgan fingerprint density at radius 2 is 2.00 bits per heavy atom. The zero-order chi connectivity index (χ0) is 14.8. The Hall–Kier alpha value is -1.77. The van der Waals surface area contributed by atoms with Gasteiger partial charge in [-0.2, -0.15) is 0 Å². The standard InChI is InChI=1S/C18H24N2O/c1-4-20(5-2)17-12-21-19-18(17)15-10-13(3)16-9-7-6-8-14(16)11-15/h6-9,12-13,15H,4-5,10-11H2,1-3H3. The van der Waals surface area contributed by atoms with Crippen LogP contribution in [0.5, 0.6) is 0 Å². The van der Waals surface area contributed by atoms with Crippen molar-refractivity contribution in [2.45, 2.75) is 45.4 Å². The lowest BCUT2D eigenvalue weighted by Gasteiger charge is -2.30. The summed E-state index contributed by atoms with van der Waals surface area (Å²) in [7, 11) is 0. The monoisotopic (exact) mass is 284 g/mol. The van der Waals surface area contributed by atoms with E-state index in [0.717, 1.165) is 31.6 Å². The molecular weight excluding hydrogens is 260 g/mol. The van der Waals surface area contributed by atoms with Crippen molar-refractivity contribution in [1.82, 2.24) is 5.16 Å². The molecule has 1 aliphatic carbocycles. The van der Waals surface area contributed by atoms with E-state index in [-0.39, 0.29) is 0 Å². The minimum Gasteiger partial charge on any atom is -0.368 e. The van der Waals surface area contributed by atoms with Crippen LogP contribution in [0.2, 0.25) is 0 Å². The second-order valence-electron chi connectivity index (χ2n) is 5.99. The van der Waals surface area contributed by atoms with Gasteiger partial charge in [0.1, 0.15) is 17.6 Å². The highest BCUT2D eigenvalue weighted by atomic mass is 16.5. The third kappa shape index (κ3) is 2.57. The predicted molar refractivity (Wildman–Crippen MR) is 86.0 cm³/mol. The van der Waals surface area contributed by atoms with Gasteiger partial charge in [0.2, 0.25) is 0 Å². The Kier molecular flexibility index (Phi) is 4.00. The Balaban J connectivity index is 1.92. The second-order valence-corrected chi connectivity index (χ2v) is 5.99. The summed E-state index contributed by atoms with van der Waals surface area (Å²) < 4.78 is 5.32. The minimum absolute atomic E-state index is 0.462. The number of hydrogen-bond acceptors (Lipinski definition) is 3.